The second-order valence-corrected chi connectivity index (χ2v) is 5.22. The van der Waals surface area contributed by atoms with E-state index in [1.165, 1.54) is 4.90 Å². The van der Waals surface area contributed by atoms with E-state index in [0.29, 0.717) is 13.0 Å². The lowest BCUT2D eigenvalue weighted by Crippen LogP contribution is -2.45. The molecule has 1 N–H and O–H groups in total. The minimum Gasteiger partial charge on any atom is -0.480 e. The average molecular weight is 229 g/mol. The zero-order chi connectivity index (χ0) is 12.5. The van der Waals surface area contributed by atoms with Crippen LogP contribution < -0.4 is 0 Å². The van der Waals surface area contributed by atoms with Crippen LogP contribution in [-0.2, 0) is 9.53 Å². The largest absolute Gasteiger partial charge is 0.480 e. The molecule has 1 heterocycles. The lowest BCUT2D eigenvalue weighted by molar-refractivity contribution is -0.143. The van der Waals surface area contributed by atoms with E-state index in [1.54, 1.807) is 20.8 Å². The highest BCUT2D eigenvalue weighted by atomic mass is 16.6. The molecule has 0 aromatic rings. The zero-order valence-electron chi connectivity index (χ0n) is 10.2. The number of carbonyl (C=O) groups is 2. The van der Waals surface area contributed by atoms with Crippen molar-refractivity contribution in [3.05, 3.63) is 0 Å². The van der Waals surface area contributed by atoms with Gasteiger partial charge in [-0.05, 0) is 33.1 Å². The number of nitrogens with zero attached hydrogens (tertiary/aromatic N) is 1. The van der Waals surface area contributed by atoms with Crippen molar-refractivity contribution in [3.8, 4) is 0 Å². The monoisotopic (exact) mass is 229 g/mol. The number of hydrogen-bond donors (Lipinski definition) is 1. The number of hydrogen-bond acceptors (Lipinski definition) is 3. The molecule has 0 aromatic carbocycles. The first-order valence-corrected chi connectivity index (χ1v) is 5.45. The third kappa shape index (κ3) is 2.87. The minimum absolute atomic E-state index is 0.0231. The normalized spacial score (nSPS) is 25.6. The molecule has 1 aliphatic rings. The number of aliphatic carboxylic acids is 1. The molecular weight excluding hydrogens is 210 g/mol. The van der Waals surface area contributed by atoms with Gasteiger partial charge in [-0.15, -0.1) is 0 Å². The van der Waals surface area contributed by atoms with Crippen LogP contribution in [0, 0.1) is 5.92 Å². The molecule has 16 heavy (non-hydrogen) atoms. The third-order valence-electron chi connectivity index (χ3n) is 2.58. The summed E-state index contributed by atoms with van der Waals surface area (Å²) < 4.78 is 5.17. The number of rotatable bonds is 1. The molecule has 1 unspecified atom stereocenters. The van der Waals surface area contributed by atoms with Gasteiger partial charge in [-0.3, -0.25) is 4.90 Å². The number of carboxylic acids is 1. The Labute approximate surface area is 95.4 Å². The quantitative estimate of drug-likeness (QED) is 0.743. The molecule has 1 amide bonds. The van der Waals surface area contributed by atoms with Crippen LogP contribution in [0.25, 0.3) is 0 Å². The summed E-state index contributed by atoms with van der Waals surface area (Å²) in [6.45, 7) is 7.58. The molecule has 0 aromatic heterocycles. The molecule has 0 radical (unpaired) electrons. The second-order valence-electron chi connectivity index (χ2n) is 5.22. The van der Waals surface area contributed by atoms with E-state index in [1.807, 2.05) is 6.92 Å². The summed E-state index contributed by atoms with van der Waals surface area (Å²) in [5.74, 6) is -0.985. The fraction of sp³-hybridized carbons (Fsp3) is 0.818. The number of carboxylic acid groups (broad SMARTS) is 1. The highest BCUT2D eigenvalue weighted by Crippen LogP contribution is 2.25. The van der Waals surface area contributed by atoms with Crippen LogP contribution in [0.4, 0.5) is 4.79 Å². The Morgan fingerprint density at radius 1 is 1.38 bits per heavy atom. The first-order chi connectivity index (χ1) is 7.22. The molecule has 0 spiro atoms. The fourth-order valence-corrected chi connectivity index (χ4v) is 1.85. The minimum atomic E-state index is -0.962. The highest BCUT2D eigenvalue weighted by Gasteiger charge is 2.41. The predicted octanol–water partition coefficient (Wildman–Crippen LogP) is 1.72. The Balaban J connectivity index is 2.73. The van der Waals surface area contributed by atoms with Gasteiger partial charge in [0.2, 0.25) is 0 Å². The molecule has 1 rings (SSSR count). The van der Waals surface area contributed by atoms with Crippen molar-refractivity contribution < 1.29 is 19.4 Å². The molecule has 92 valence electrons. The van der Waals surface area contributed by atoms with E-state index >= 15 is 0 Å². The van der Waals surface area contributed by atoms with E-state index in [0.717, 1.165) is 0 Å². The summed E-state index contributed by atoms with van der Waals surface area (Å²) in [4.78, 5) is 24.1. The second kappa shape index (κ2) is 4.31. The van der Waals surface area contributed by atoms with Crippen molar-refractivity contribution in [3.63, 3.8) is 0 Å². The summed E-state index contributed by atoms with van der Waals surface area (Å²) in [7, 11) is 0. The standard InChI is InChI=1S/C11H19NO4/c1-7-5-6-12(8(7)9(13)14)10(15)16-11(2,3)4/h7-8H,5-6H2,1-4H3,(H,13,14)/t7?,8-/m0/s1. The Kier molecular flexibility index (Phi) is 3.45. The maximum absolute atomic E-state index is 11.8. The van der Waals surface area contributed by atoms with Crippen LogP contribution in [0.5, 0.6) is 0 Å². The molecular formula is C11H19NO4. The van der Waals surface area contributed by atoms with Crippen molar-refractivity contribution in [1.82, 2.24) is 4.90 Å². The van der Waals surface area contributed by atoms with Gasteiger partial charge < -0.3 is 9.84 Å². The van der Waals surface area contributed by atoms with Crippen LogP contribution in [0.1, 0.15) is 34.1 Å². The maximum Gasteiger partial charge on any atom is 0.411 e. The Morgan fingerprint density at radius 2 is 1.94 bits per heavy atom. The van der Waals surface area contributed by atoms with Gasteiger partial charge in [0.05, 0.1) is 0 Å². The predicted molar refractivity (Wildman–Crippen MR) is 58.1 cm³/mol. The topological polar surface area (TPSA) is 66.8 Å². The Bertz CT molecular complexity index is 295. The van der Waals surface area contributed by atoms with Crippen LogP contribution in [-0.4, -0.2) is 40.3 Å². The van der Waals surface area contributed by atoms with Crippen LogP contribution >= 0.6 is 0 Å². The van der Waals surface area contributed by atoms with Gasteiger partial charge in [-0.2, -0.15) is 0 Å². The van der Waals surface area contributed by atoms with Gasteiger partial charge in [0.15, 0.2) is 0 Å². The van der Waals surface area contributed by atoms with E-state index < -0.39 is 23.7 Å². The van der Waals surface area contributed by atoms with Crippen molar-refractivity contribution in [2.45, 2.75) is 45.8 Å². The van der Waals surface area contributed by atoms with Crippen molar-refractivity contribution >= 4 is 12.1 Å². The van der Waals surface area contributed by atoms with Gasteiger partial charge >= 0.3 is 12.1 Å². The van der Waals surface area contributed by atoms with Crippen LogP contribution in [0.15, 0.2) is 0 Å². The Hall–Kier alpha value is -1.26. The summed E-state index contributed by atoms with van der Waals surface area (Å²) in [6.07, 6.45) is 0.167. The summed E-state index contributed by atoms with van der Waals surface area (Å²) in [6, 6.07) is -0.755. The average Bonchev–Trinajstić information content (AvgIpc) is 2.43. The summed E-state index contributed by atoms with van der Waals surface area (Å²) in [5, 5.41) is 9.05. The molecule has 5 nitrogen and oxygen atoms in total. The first kappa shape index (κ1) is 12.8. The molecule has 0 bridgehead atoms. The molecule has 1 aliphatic heterocycles. The molecule has 0 aliphatic carbocycles. The van der Waals surface area contributed by atoms with Crippen molar-refractivity contribution in [2.75, 3.05) is 6.54 Å². The van der Waals surface area contributed by atoms with E-state index in [4.69, 9.17) is 9.84 Å². The van der Waals surface area contributed by atoms with Crippen LogP contribution in [0.2, 0.25) is 0 Å². The number of ether oxygens (including phenoxy) is 1. The van der Waals surface area contributed by atoms with Gasteiger partial charge in [0.25, 0.3) is 0 Å². The highest BCUT2D eigenvalue weighted by molar-refractivity contribution is 5.81. The molecule has 5 heteroatoms. The SMILES string of the molecule is CC1CCN(C(=O)OC(C)(C)C)[C@@H]1C(=O)O. The molecule has 2 atom stereocenters. The van der Waals surface area contributed by atoms with Gasteiger partial charge in [-0.1, -0.05) is 6.92 Å². The number of carbonyl (C=O) groups excluding carboxylic acids is 1. The smallest absolute Gasteiger partial charge is 0.411 e. The first-order valence-electron chi connectivity index (χ1n) is 5.45. The van der Waals surface area contributed by atoms with Crippen LogP contribution in [0.3, 0.4) is 0 Å². The number of amides is 1. The zero-order valence-corrected chi connectivity index (χ0v) is 10.2. The van der Waals surface area contributed by atoms with E-state index in [-0.39, 0.29) is 5.92 Å². The molecule has 1 saturated heterocycles. The molecule has 0 saturated carbocycles. The van der Waals surface area contributed by atoms with Gasteiger partial charge in [0, 0.05) is 6.54 Å². The van der Waals surface area contributed by atoms with E-state index in [2.05, 4.69) is 0 Å². The fourth-order valence-electron chi connectivity index (χ4n) is 1.85. The third-order valence-corrected chi connectivity index (χ3v) is 2.58. The maximum atomic E-state index is 11.8. The lowest BCUT2D eigenvalue weighted by atomic mass is 10.0. The molecule has 1 fully saturated rings. The lowest BCUT2D eigenvalue weighted by Gasteiger charge is -2.27. The number of likely N-dealkylation sites (tertiary alicyclic amines) is 1. The Morgan fingerprint density at radius 3 is 2.38 bits per heavy atom. The van der Waals surface area contributed by atoms with Gasteiger partial charge in [-0.25, -0.2) is 9.59 Å². The van der Waals surface area contributed by atoms with Crippen molar-refractivity contribution in [2.24, 2.45) is 5.92 Å². The van der Waals surface area contributed by atoms with Crippen molar-refractivity contribution in [1.29, 1.82) is 0 Å². The van der Waals surface area contributed by atoms with E-state index in [9.17, 15) is 9.59 Å². The summed E-state index contributed by atoms with van der Waals surface area (Å²) >= 11 is 0. The summed E-state index contributed by atoms with van der Waals surface area (Å²) in [5.41, 5.74) is -0.591. The van der Waals surface area contributed by atoms with Gasteiger partial charge in [0.1, 0.15) is 11.6 Å².